The van der Waals surface area contributed by atoms with Gasteiger partial charge in [0, 0.05) is 12.6 Å². The maximum atomic E-state index is 13.4. The Morgan fingerprint density at radius 2 is 2.20 bits per heavy atom. The van der Waals surface area contributed by atoms with E-state index < -0.39 is 5.82 Å². The molecule has 6 heteroatoms. The summed E-state index contributed by atoms with van der Waals surface area (Å²) in [7, 11) is 2.70. The molecule has 1 rings (SSSR count). The minimum absolute atomic E-state index is 0.0192. The Hall–Kier alpha value is -0.850. The number of hydrogen-bond acceptors (Lipinski definition) is 4. The minimum Gasteiger partial charge on any atom is -0.506 e. The Balaban J connectivity index is 3.21. The van der Waals surface area contributed by atoms with Gasteiger partial charge in [0.1, 0.15) is 10.2 Å². The Labute approximate surface area is 95.0 Å². The zero-order chi connectivity index (χ0) is 11.6. The van der Waals surface area contributed by atoms with Crippen molar-refractivity contribution in [2.75, 3.05) is 14.2 Å². The van der Waals surface area contributed by atoms with Crippen molar-refractivity contribution in [3.63, 3.8) is 0 Å². The van der Waals surface area contributed by atoms with Crippen LogP contribution in [-0.2, 0) is 6.54 Å². The lowest BCUT2D eigenvalue weighted by Gasteiger charge is -2.13. The van der Waals surface area contributed by atoms with Crippen LogP contribution in [-0.4, -0.2) is 29.5 Å². The van der Waals surface area contributed by atoms with Gasteiger partial charge in [0.2, 0.25) is 0 Å². The van der Waals surface area contributed by atoms with Gasteiger partial charge in [0.15, 0.2) is 11.6 Å². The van der Waals surface area contributed by atoms with Crippen LogP contribution in [0.15, 0.2) is 10.5 Å². The number of hydroxylamine groups is 2. The molecule has 1 aromatic rings. The molecule has 0 fully saturated rings. The number of rotatable bonds is 3. The molecule has 0 heterocycles. The summed E-state index contributed by atoms with van der Waals surface area (Å²) in [6.07, 6.45) is 0. The first-order valence-electron chi connectivity index (χ1n) is 4.11. The minimum atomic E-state index is -0.598. The fourth-order valence-electron chi connectivity index (χ4n) is 1.19. The number of nitrogens with zero attached hydrogens (tertiary/aromatic N) is 1. The second-order valence-electron chi connectivity index (χ2n) is 3.03. The van der Waals surface area contributed by atoms with E-state index in [9.17, 15) is 9.50 Å². The molecule has 84 valence electrons. The molecule has 0 bridgehead atoms. The topological polar surface area (TPSA) is 52.9 Å². The number of benzene rings is 1. The highest BCUT2D eigenvalue weighted by Gasteiger charge is 2.17. The molecular weight excluding hydrogens is 269 g/mol. The number of hydrogen-bond donors (Lipinski definition) is 2. The SMILES string of the molecule is COc1c(F)cc(CN(C)O)c(O)c1Br. The highest BCUT2D eigenvalue weighted by molar-refractivity contribution is 9.10. The fourth-order valence-corrected chi connectivity index (χ4v) is 1.80. The quantitative estimate of drug-likeness (QED) is 0.833. The largest absolute Gasteiger partial charge is 0.506 e. The van der Waals surface area contributed by atoms with Crippen LogP contribution in [0.25, 0.3) is 0 Å². The van der Waals surface area contributed by atoms with Crippen LogP contribution in [0.3, 0.4) is 0 Å². The van der Waals surface area contributed by atoms with Crippen LogP contribution >= 0.6 is 15.9 Å². The van der Waals surface area contributed by atoms with Crippen molar-refractivity contribution in [2.24, 2.45) is 0 Å². The van der Waals surface area contributed by atoms with Gasteiger partial charge in [0.25, 0.3) is 0 Å². The van der Waals surface area contributed by atoms with Gasteiger partial charge in [-0.05, 0) is 22.0 Å². The Bertz CT molecular complexity index is 371. The van der Waals surface area contributed by atoms with Crippen molar-refractivity contribution in [3.8, 4) is 11.5 Å². The maximum Gasteiger partial charge on any atom is 0.172 e. The Morgan fingerprint density at radius 3 is 2.67 bits per heavy atom. The van der Waals surface area contributed by atoms with E-state index in [0.717, 1.165) is 11.1 Å². The van der Waals surface area contributed by atoms with E-state index in [-0.39, 0.29) is 28.1 Å². The molecule has 0 radical (unpaired) electrons. The average molecular weight is 280 g/mol. The number of ether oxygens (including phenoxy) is 1. The van der Waals surface area contributed by atoms with Crippen LogP contribution in [0.2, 0.25) is 0 Å². The first kappa shape index (κ1) is 12.2. The first-order valence-corrected chi connectivity index (χ1v) is 4.90. The monoisotopic (exact) mass is 279 g/mol. The van der Waals surface area contributed by atoms with Crippen molar-refractivity contribution in [2.45, 2.75) is 6.54 Å². The van der Waals surface area contributed by atoms with E-state index in [1.54, 1.807) is 0 Å². The van der Waals surface area contributed by atoms with E-state index in [1.165, 1.54) is 14.2 Å². The third-order valence-electron chi connectivity index (χ3n) is 1.83. The molecule has 0 aliphatic rings. The Morgan fingerprint density at radius 1 is 1.60 bits per heavy atom. The van der Waals surface area contributed by atoms with Crippen molar-refractivity contribution in [1.82, 2.24) is 5.06 Å². The number of phenols is 1. The van der Waals surface area contributed by atoms with Gasteiger partial charge in [-0.15, -0.1) is 0 Å². The molecule has 0 atom stereocenters. The summed E-state index contributed by atoms with van der Waals surface area (Å²) >= 11 is 3.02. The van der Waals surface area contributed by atoms with Crippen molar-refractivity contribution in [1.29, 1.82) is 0 Å². The van der Waals surface area contributed by atoms with E-state index in [0.29, 0.717) is 0 Å². The lowest BCUT2D eigenvalue weighted by molar-refractivity contribution is -0.0736. The van der Waals surface area contributed by atoms with Gasteiger partial charge in [-0.1, -0.05) is 0 Å². The molecule has 0 saturated heterocycles. The van der Waals surface area contributed by atoms with Gasteiger partial charge in [0.05, 0.1) is 13.7 Å². The molecular formula is C9H11BrFNO3. The molecule has 0 saturated carbocycles. The van der Waals surface area contributed by atoms with E-state index in [2.05, 4.69) is 15.9 Å². The smallest absolute Gasteiger partial charge is 0.172 e. The summed E-state index contributed by atoms with van der Waals surface area (Å²) in [5, 5.41) is 19.5. The number of aromatic hydroxyl groups is 1. The molecule has 0 unspecified atom stereocenters. The third kappa shape index (κ3) is 2.58. The number of halogens is 2. The van der Waals surface area contributed by atoms with Crippen LogP contribution in [0.1, 0.15) is 5.56 Å². The molecule has 0 aliphatic heterocycles. The van der Waals surface area contributed by atoms with Gasteiger partial charge < -0.3 is 15.1 Å². The Kier molecular flexibility index (Phi) is 3.90. The van der Waals surface area contributed by atoms with Gasteiger partial charge >= 0.3 is 0 Å². The highest BCUT2D eigenvalue weighted by atomic mass is 79.9. The molecule has 2 N–H and O–H groups in total. The van der Waals surface area contributed by atoms with Crippen LogP contribution in [0.5, 0.6) is 11.5 Å². The molecule has 15 heavy (non-hydrogen) atoms. The highest BCUT2D eigenvalue weighted by Crippen LogP contribution is 2.38. The first-order chi connectivity index (χ1) is 6.97. The van der Waals surface area contributed by atoms with Crippen molar-refractivity contribution >= 4 is 15.9 Å². The fraction of sp³-hybridized carbons (Fsp3) is 0.333. The lowest BCUT2D eigenvalue weighted by Crippen LogP contribution is -2.12. The van der Waals surface area contributed by atoms with Gasteiger partial charge in [-0.3, -0.25) is 0 Å². The molecule has 1 aromatic carbocycles. The summed E-state index contributed by atoms with van der Waals surface area (Å²) in [4.78, 5) is 0. The summed E-state index contributed by atoms with van der Waals surface area (Å²) in [5.74, 6) is -0.801. The summed E-state index contributed by atoms with van der Waals surface area (Å²) in [5.41, 5.74) is 0.269. The normalized spacial score (nSPS) is 10.8. The standard InChI is InChI=1S/C9H11BrFNO3/c1-12(14)4-5-3-6(11)9(15-2)7(10)8(5)13/h3,13-14H,4H2,1-2H3. The predicted molar refractivity (Wildman–Crippen MR) is 55.6 cm³/mol. The summed E-state index contributed by atoms with van der Waals surface area (Å²) in [6.45, 7) is 0.0192. The van der Waals surface area contributed by atoms with E-state index in [4.69, 9.17) is 9.94 Å². The second kappa shape index (κ2) is 4.78. The van der Waals surface area contributed by atoms with Gasteiger partial charge in [-0.25, -0.2) is 4.39 Å². The number of phenolic OH excluding ortho intramolecular Hbond substituents is 1. The molecule has 4 nitrogen and oxygen atoms in total. The van der Waals surface area contributed by atoms with Crippen LogP contribution in [0, 0.1) is 5.82 Å². The van der Waals surface area contributed by atoms with Crippen LogP contribution in [0.4, 0.5) is 4.39 Å². The molecule has 0 aromatic heterocycles. The van der Waals surface area contributed by atoms with E-state index >= 15 is 0 Å². The molecule has 0 aliphatic carbocycles. The van der Waals surface area contributed by atoms with Crippen LogP contribution < -0.4 is 4.74 Å². The molecule has 0 spiro atoms. The average Bonchev–Trinajstić information content (AvgIpc) is 2.14. The molecule has 0 amide bonds. The maximum absolute atomic E-state index is 13.4. The third-order valence-corrected chi connectivity index (χ3v) is 2.57. The van der Waals surface area contributed by atoms with Crippen molar-refractivity contribution in [3.05, 3.63) is 21.9 Å². The number of methoxy groups -OCH3 is 1. The van der Waals surface area contributed by atoms with Crippen molar-refractivity contribution < 1.29 is 19.4 Å². The summed E-state index contributed by atoms with van der Waals surface area (Å²) in [6, 6.07) is 1.12. The predicted octanol–water partition coefficient (Wildman–Crippen LogP) is 2.12. The lowest BCUT2D eigenvalue weighted by atomic mass is 10.2. The zero-order valence-electron chi connectivity index (χ0n) is 8.29. The summed E-state index contributed by atoms with van der Waals surface area (Å²) < 4.78 is 18.3. The zero-order valence-corrected chi connectivity index (χ0v) is 9.88. The second-order valence-corrected chi connectivity index (χ2v) is 3.82. The van der Waals surface area contributed by atoms with E-state index in [1.807, 2.05) is 0 Å². The van der Waals surface area contributed by atoms with Gasteiger partial charge in [-0.2, -0.15) is 5.06 Å².